The van der Waals surface area contributed by atoms with Crippen molar-refractivity contribution < 1.29 is 0 Å². The molecule has 0 aliphatic heterocycles. The zero-order chi connectivity index (χ0) is 11.5. The van der Waals surface area contributed by atoms with E-state index in [0.717, 1.165) is 20.6 Å². The molecule has 0 amide bonds. The minimum absolute atomic E-state index is 0.649. The van der Waals surface area contributed by atoms with Crippen molar-refractivity contribution >= 4 is 55.0 Å². The van der Waals surface area contributed by atoms with Crippen molar-refractivity contribution in [3.05, 3.63) is 50.5 Å². The van der Waals surface area contributed by atoms with Crippen molar-refractivity contribution in [2.45, 2.75) is 0 Å². The largest absolute Gasteiger partial charge is 0.339 e. The lowest BCUT2D eigenvalue weighted by Crippen LogP contribution is -1.93. The van der Waals surface area contributed by atoms with Gasteiger partial charge in [0.05, 0.1) is 10.7 Å². The highest BCUT2D eigenvalue weighted by atomic mass is 79.9. The molecule has 0 spiro atoms. The molecule has 0 radical (unpaired) electrons. The Morgan fingerprint density at radius 3 is 2.62 bits per heavy atom. The van der Waals surface area contributed by atoms with Crippen LogP contribution in [0.1, 0.15) is 0 Å². The second-order valence-electron chi connectivity index (χ2n) is 3.09. The first kappa shape index (κ1) is 11.9. The average Bonchev–Trinajstić information content (AvgIpc) is 2.22. The van der Waals surface area contributed by atoms with Gasteiger partial charge in [0.2, 0.25) is 0 Å². The summed E-state index contributed by atoms with van der Waals surface area (Å²) < 4.78 is 1.73. The molecule has 0 aliphatic carbocycles. The van der Waals surface area contributed by atoms with Crippen LogP contribution >= 0.6 is 43.5 Å². The van der Waals surface area contributed by atoms with Crippen molar-refractivity contribution in [3.63, 3.8) is 0 Å². The molecule has 5 heteroatoms. The molecule has 0 saturated heterocycles. The van der Waals surface area contributed by atoms with Crippen molar-refractivity contribution in [1.82, 2.24) is 4.98 Å². The Labute approximate surface area is 115 Å². The summed E-state index contributed by atoms with van der Waals surface area (Å²) in [6, 6.07) is 11.3. The van der Waals surface area contributed by atoms with Crippen LogP contribution in [0.25, 0.3) is 0 Å². The Hall–Kier alpha value is -0.580. The lowest BCUT2D eigenvalue weighted by Gasteiger charge is -2.07. The van der Waals surface area contributed by atoms with Gasteiger partial charge in [0, 0.05) is 4.47 Å². The molecular formula is C11H7Br2ClN2. The van der Waals surface area contributed by atoms with Crippen LogP contribution in [0.15, 0.2) is 45.5 Å². The van der Waals surface area contributed by atoms with E-state index in [1.54, 1.807) is 0 Å². The van der Waals surface area contributed by atoms with Crippen LogP contribution in [0.3, 0.4) is 0 Å². The molecule has 1 aromatic carbocycles. The maximum atomic E-state index is 6.09. The fourth-order valence-electron chi connectivity index (χ4n) is 1.21. The van der Waals surface area contributed by atoms with Gasteiger partial charge in [-0.2, -0.15) is 0 Å². The monoisotopic (exact) mass is 360 g/mol. The molecule has 0 atom stereocenters. The predicted octanol–water partition coefficient (Wildman–Crippen LogP) is 5.00. The number of hydrogen-bond donors (Lipinski definition) is 1. The first-order valence-electron chi connectivity index (χ1n) is 4.50. The zero-order valence-corrected chi connectivity index (χ0v) is 12.0. The van der Waals surface area contributed by atoms with E-state index in [4.69, 9.17) is 11.6 Å². The van der Waals surface area contributed by atoms with Gasteiger partial charge < -0.3 is 5.32 Å². The van der Waals surface area contributed by atoms with Gasteiger partial charge in [0.25, 0.3) is 0 Å². The molecule has 82 valence electrons. The summed E-state index contributed by atoms with van der Waals surface area (Å²) >= 11 is 12.8. The van der Waals surface area contributed by atoms with Crippen molar-refractivity contribution in [2.24, 2.45) is 0 Å². The van der Waals surface area contributed by atoms with Gasteiger partial charge >= 0.3 is 0 Å². The first-order valence-corrected chi connectivity index (χ1v) is 6.46. The lowest BCUT2D eigenvalue weighted by molar-refractivity contribution is 1.26. The summed E-state index contributed by atoms with van der Waals surface area (Å²) in [7, 11) is 0. The third-order valence-electron chi connectivity index (χ3n) is 1.91. The third-order valence-corrected chi connectivity index (χ3v) is 3.16. The number of nitrogens with zero attached hydrogens (tertiary/aromatic N) is 1. The smallest absolute Gasteiger partial charge is 0.131 e. The number of nitrogens with one attached hydrogen (secondary N) is 1. The molecule has 1 N–H and O–H groups in total. The van der Waals surface area contributed by atoms with Gasteiger partial charge in [-0.1, -0.05) is 33.6 Å². The van der Waals surface area contributed by atoms with E-state index in [9.17, 15) is 0 Å². The van der Waals surface area contributed by atoms with Gasteiger partial charge in [-0.15, -0.1) is 0 Å². The number of halogens is 3. The SMILES string of the molecule is Clc1cc(Br)ccc1Nc1cccc(Br)n1. The Morgan fingerprint density at radius 1 is 1.12 bits per heavy atom. The second kappa shape index (κ2) is 5.17. The minimum atomic E-state index is 0.649. The maximum Gasteiger partial charge on any atom is 0.131 e. The summed E-state index contributed by atoms with van der Waals surface area (Å²) in [6.07, 6.45) is 0. The fraction of sp³-hybridized carbons (Fsp3) is 0. The van der Waals surface area contributed by atoms with Gasteiger partial charge in [-0.3, -0.25) is 0 Å². The van der Waals surface area contributed by atoms with E-state index >= 15 is 0 Å². The summed E-state index contributed by atoms with van der Waals surface area (Å²) in [6.45, 7) is 0. The molecule has 0 saturated carbocycles. The molecular weight excluding hydrogens is 355 g/mol. The van der Waals surface area contributed by atoms with Gasteiger partial charge in [-0.25, -0.2) is 4.98 Å². The number of aromatic nitrogens is 1. The molecule has 2 aromatic rings. The normalized spacial score (nSPS) is 10.2. The Kier molecular flexibility index (Phi) is 3.84. The lowest BCUT2D eigenvalue weighted by atomic mass is 10.3. The highest BCUT2D eigenvalue weighted by Crippen LogP contribution is 2.28. The molecule has 0 unspecified atom stereocenters. The standard InChI is InChI=1S/C11H7Br2ClN2/c12-7-4-5-9(8(14)6-7)15-11-3-1-2-10(13)16-11/h1-6H,(H,15,16). The highest BCUT2D eigenvalue weighted by molar-refractivity contribution is 9.10. The zero-order valence-electron chi connectivity index (χ0n) is 8.05. The summed E-state index contributed by atoms with van der Waals surface area (Å²) in [4.78, 5) is 4.27. The third kappa shape index (κ3) is 2.97. The van der Waals surface area contributed by atoms with Crippen LogP contribution in [-0.4, -0.2) is 4.98 Å². The maximum absolute atomic E-state index is 6.09. The summed E-state index contributed by atoms with van der Waals surface area (Å²) in [5.41, 5.74) is 0.829. The van der Waals surface area contributed by atoms with E-state index in [0.29, 0.717) is 5.02 Å². The van der Waals surface area contributed by atoms with Crippen molar-refractivity contribution in [1.29, 1.82) is 0 Å². The number of anilines is 2. The van der Waals surface area contributed by atoms with E-state index in [-0.39, 0.29) is 0 Å². The van der Waals surface area contributed by atoms with Crippen LogP contribution in [0.2, 0.25) is 5.02 Å². The van der Waals surface area contributed by atoms with Crippen molar-refractivity contribution in [2.75, 3.05) is 5.32 Å². The molecule has 2 rings (SSSR count). The van der Waals surface area contributed by atoms with E-state index < -0.39 is 0 Å². The number of hydrogen-bond acceptors (Lipinski definition) is 2. The van der Waals surface area contributed by atoms with Gasteiger partial charge in [0.1, 0.15) is 10.4 Å². The quantitative estimate of drug-likeness (QED) is 0.760. The molecule has 16 heavy (non-hydrogen) atoms. The van der Waals surface area contributed by atoms with Gasteiger partial charge in [0.15, 0.2) is 0 Å². The highest BCUT2D eigenvalue weighted by Gasteiger charge is 2.02. The summed E-state index contributed by atoms with van der Waals surface area (Å²) in [5.74, 6) is 0.749. The number of rotatable bonds is 2. The van der Waals surface area contributed by atoms with Crippen LogP contribution in [-0.2, 0) is 0 Å². The molecule has 1 aromatic heterocycles. The molecule has 0 bridgehead atoms. The molecule has 2 nitrogen and oxygen atoms in total. The topological polar surface area (TPSA) is 24.9 Å². The van der Waals surface area contributed by atoms with Gasteiger partial charge in [-0.05, 0) is 46.3 Å². The minimum Gasteiger partial charge on any atom is -0.339 e. The van der Waals surface area contributed by atoms with E-state index in [1.165, 1.54) is 0 Å². The van der Waals surface area contributed by atoms with E-state index in [1.807, 2.05) is 36.4 Å². The fourth-order valence-corrected chi connectivity index (χ4v) is 2.27. The number of benzene rings is 1. The Bertz CT molecular complexity index is 517. The van der Waals surface area contributed by atoms with Crippen molar-refractivity contribution in [3.8, 4) is 0 Å². The second-order valence-corrected chi connectivity index (χ2v) is 5.23. The van der Waals surface area contributed by atoms with Crippen LogP contribution in [0, 0.1) is 0 Å². The predicted molar refractivity (Wildman–Crippen MR) is 74.4 cm³/mol. The Balaban J connectivity index is 2.27. The number of pyridine rings is 1. The van der Waals surface area contributed by atoms with Crippen LogP contribution < -0.4 is 5.32 Å². The molecule has 1 heterocycles. The average molecular weight is 362 g/mol. The van der Waals surface area contributed by atoms with Crippen LogP contribution in [0.4, 0.5) is 11.5 Å². The molecule has 0 aliphatic rings. The summed E-state index contributed by atoms with van der Waals surface area (Å²) in [5, 5.41) is 3.80. The van der Waals surface area contributed by atoms with E-state index in [2.05, 4.69) is 42.2 Å². The first-order chi connectivity index (χ1) is 7.65. The molecule has 0 fully saturated rings. The Morgan fingerprint density at radius 2 is 1.94 bits per heavy atom. The van der Waals surface area contributed by atoms with Crippen LogP contribution in [0.5, 0.6) is 0 Å².